The van der Waals surface area contributed by atoms with E-state index in [4.69, 9.17) is 0 Å². The van der Waals surface area contributed by atoms with Crippen molar-refractivity contribution in [3.8, 4) is 0 Å². The third-order valence-corrected chi connectivity index (χ3v) is 3.32. The highest BCUT2D eigenvalue weighted by Crippen LogP contribution is 2.25. The van der Waals surface area contributed by atoms with Crippen molar-refractivity contribution in [1.29, 1.82) is 0 Å². The fourth-order valence-electron chi connectivity index (χ4n) is 1.98. The molecule has 0 amide bonds. The Balaban J connectivity index is 2.34. The number of fused-ring (bicyclic) bond motifs is 1. The highest BCUT2D eigenvalue weighted by molar-refractivity contribution is 9.10. The van der Waals surface area contributed by atoms with Crippen LogP contribution in [0.1, 0.15) is 31.3 Å². The number of rotatable bonds is 2. The maximum atomic E-state index is 9.59. The van der Waals surface area contributed by atoms with Crippen molar-refractivity contribution < 1.29 is 5.11 Å². The second kappa shape index (κ2) is 4.03. The van der Waals surface area contributed by atoms with Crippen LogP contribution in [0.2, 0.25) is 0 Å². The highest BCUT2D eigenvalue weighted by Gasteiger charge is 2.22. The molecule has 0 bridgehead atoms. The molecule has 0 saturated carbocycles. The van der Waals surface area contributed by atoms with Crippen LogP contribution in [0.4, 0.5) is 0 Å². The Morgan fingerprint density at radius 2 is 2.43 bits per heavy atom. The maximum Gasteiger partial charge on any atom is 0.127 e. The van der Waals surface area contributed by atoms with Crippen LogP contribution in [0.25, 0.3) is 0 Å². The number of imidazole rings is 1. The van der Waals surface area contributed by atoms with Gasteiger partial charge in [0, 0.05) is 6.42 Å². The molecule has 0 fully saturated rings. The summed E-state index contributed by atoms with van der Waals surface area (Å²) in [5, 5.41) is 9.59. The molecule has 1 aliphatic heterocycles. The molecule has 78 valence electrons. The molecule has 14 heavy (non-hydrogen) atoms. The molecule has 4 heteroatoms. The summed E-state index contributed by atoms with van der Waals surface area (Å²) in [5.74, 6) is 1.10. The van der Waals surface area contributed by atoms with Crippen molar-refractivity contribution in [3.05, 3.63) is 16.1 Å². The summed E-state index contributed by atoms with van der Waals surface area (Å²) in [6.45, 7) is 2.86. The number of halogens is 1. The minimum Gasteiger partial charge on any atom is -0.391 e. The number of hydrogen-bond donors (Lipinski definition) is 1. The van der Waals surface area contributed by atoms with E-state index in [0.717, 1.165) is 36.1 Å². The minimum atomic E-state index is -0.195. The van der Waals surface area contributed by atoms with E-state index < -0.39 is 0 Å². The monoisotopic (exact) mass is 258 g/mol. The molecule has 1 aromatic heterocycles. The zero-order valence-electron chi connectivity index (χ0n) is 8.33. The van der Waals surface area contributed by atoms with Crippen molar-refractivity contribution in [2.45, 2.75) is 45.3 Å². The fourth-order valence-corrected chi connectivity index (χ4v) is 2.60. The molecule has 2 rings (SSSR count). The first-order valence-corrected chi connectivity index (χ1v) is 5.93. The predicted molar refractivity (Wildman–Crippen MR) is 58.2 cm³/mol. The Morgan fingerprint density at radius 3 is 3.14 bits per heavy atom. The second-order valence-electron chi connectivity index (χ2n) is 3.82. The third-order valence-electron chi connectivity index (χ3n) is 2.68. The average molecular weight is 259 g/mol. The van der Waals surface area contributed by atoms with Crippen LogP contribution < -0.4 is 0 Å². The van der Waals surface area contributed by atoms with Crippen LogP contribution in [-0.4, -0.2) is 20.8 Å². The van der Waals surface area contributed by atoms with E-state index in [1.165, 1.54) is 5.69 Å². The standard InChI is InChI=1S/C10H15BrN2O/c1-2-3-9-12-10(11)8-5-4-7(14)6-13(8)9/h7,14H,2-6H2,1H3. The number of aryl methyl sites for hydroxylation is 1. The molecule has 1 atom stereocenters. The van der Waals surface area contributed by atoms with E-state index in [0.29, 0.717) is 6.54 Å². The Bertz CT molecular complexity index is 335. The van der Waals surface area contributed by atoms with Crippen molar-refractivity contribution in [1.82, 2.24) is 9.55 Å². The van der Waals surface area contributed by atoms with E-state index in [2.05, 4.69) is 32.4 Å². The molecule has 0 radical (unpaired) electrons. The van der Waals surface area contributed by atoms with E-state index >= 15 is 0 Å². The van der Waals surface area contributed by atoms with Crippen molar-refractivity contribution >= 4 is 15.9 Å². The predicted octanol–water partition coefficient (Wildman–Crippen LogP) is 1.91. The van der Waals surface area contributed by atoms with Crippen LogP contribution in [0.3, 0.4) is 0 Å². The molecular formula is C10H15BrN2O. The van der Waals surface area contributed by atoms with Crippen LogP contribution in [-0.2, 0) is 19.4 Å². The zero-order valence-corrected chi connectivity index (χ0v) is 9.92. The van der Waals surface area contributed by atoms with Gasteiger partial charge in [0.25, 0.3) is 0 Å². The van der Waals surface area contributed by atoms with E-state index in [-0.39, 0.29) is 6.10 Å². The van der Waals surface area contributed by atoms with Gasteiger partial charge in [0.15, 0.2) is 0 Å². The Labute approximate surface area is 92.3 Å². The molecule has 1 aromatic rings. The van der Waals surface area contributed by atoms with Crippen LogP contribution in [0.5, 0.6) is 0 Å². The fraction of sp³-hybridized carbons (Fsp3) is 0.700. The summed E-state index contributed by atoms with van der Waals surface area (Å²) >= 11 is 3.48. The van der Waals surface area contributed by atoms with Crippen molar-refractivity contribution in [2.24, 2.45) is 0 Å². The van der Waals surface area contributed by atoms with Gasteiger partial charge in [-0.1, -0.05) is 6.92 Å². The van der Waals surface area contributed by atoms with Crippen molar-refractivity contribution in [2.75, 3.05) is 0 Å². The van der Waals surface area contributed by atoms with E-state index in [9.17, 15) is 5.11 Å². The normalized spacial score (nSPS) is 20.9. The Morgan fingerprint density at radius 1 is 1.64 bits per heavy atom. The summed E-state index contributed by atoms with van der Waals surface area (Å²) in [5.41, 5.74) is 1.25. The van der Waals surface area contributed by atoms with E-state index in [1.807, 2.05) is 0 Å². The van der Waals surface area contributed by atoms with Crippen LogP contribution >= 0.6 is 15.9 Å². The second-order valence-corrected chi connectivity index (χ2v) is 4.57. The average Bonchev–Trinajstić information content (AvgIpc) is 2.44. The maximum absolute atomic E-state index is 9.59. The lowest BCUT2D eigenvalue weighted by Crippen LogP contribution is -2.25. The molecule has 2 heterocycles. The zero-order chi connectivity index (χ0) is 10.1. The lowest BCUT2D eigenvalue weighted by molar-refractivity contribution is 0.130. The number of aliphatic hydroxyl groups excluding tert-OH is 1. The van der Waals surface area contributed by atoms with Gasteiger partial charge in [-0.25, -0.2) is 4.98 Å². The van der Waals surface area contributed by atoms with Crippen LogP contribution in [0.15, 0.2) is 4.60 Å². The summed E-state index contributed by atoms with van der Waals surface area (Å²) in [6, 6.07) is 0. The van der Waals surface area contributed by atoms with Gasteiger partial charge in [0.2, 0.25) is 0 Å². The van der Waals surface area contributed by atoms with Gasteiger partial charge in [0.1, 0.15) is 10.4 Å². The lowest BCUT2D eigenvalue weighted by atomic mass is 10.1. The summed E-state index contributed by atoms with van der Waals surface area (Å²) in [4.78, 5) is 4.48. The van der Waals surface area contributed by atoms with Gasteiger partial charge in [0.05, 0.1) is 18.3 Å². The highest BCUT2D eigenvalue weighted by atomic mass is 79.9. The topological polar surface area (TPSA) is 38.0 Å². The SMILES string of the molecule is CCCc1nc(Br)c2n1CC(O)CC2. The molecule has 0 aromatic carbocycles. The Kier molecular flexibility index (Phi) is 2.93. The first-order chi connectivity index (χ1) is 6.72. The van der Waals surface area contributed by atoms with Gasteiger partial charge >= 0.3 is 0 Å². The largest absolute Gasteiger partial charge is 0.391 e. The van der Waals surface area contributed by atoms with E-state index in [1.54, 1.807) is 0 Å². The number of hydrogen-bond acceptors (Lipinski definition) is 2. The summed E-state index contributed by atoms with van der Waals surface area (Å²) < 4.78 is 3.13. The molecule has 3 nitrogen and oxygen atoms in total. The van der Waals surface area contributed by atoms with Gasteiger partial charge in [-0.3, -0.25) is 0 Å². The van der Waals surface area contributed by atoms with Crippen LogP contribution in [0, 0.1) is 0 Å². The first-order valence-electron chi connectivity index (χ1n) is 5.14. The number of aromatic nitrogens is 2. The first kappa shape index (κ1) is 10.2. The van der Waals surface area contributed by atoms with Gasteiger partial charge in [-0.05, 0) is 35.2 Å². The quantitative estimate of drug-likeness (QED) is 0.880. The lowest BCUT2D eigenvalue weighted by Gasteiger charge is -2.21. The smallest absolute Gasteiger partial charge is 0.127 e. The molecule has 0 saturated heterocycles. The molecule has 1 unspecified atom stereocenters. The molecule has 0 aliphatic carbocycles. The molecule has 1 aliphatic rings. The number of aliphatic hydroxyl groups is 1. The van der Waals surface area contributed by atoms with Crippen molar-refractivity contribution in [3.63, 3.8) is 0 Å². The molecule has 1 N–H and O–H groups in total. The molecule has 0 spiro atoms. The van der Waals surface area contributed by atoms with Gasteiger partial charge < -0.3 is 9.67 Å². The molecular weight excluding hydrogens is 244 g/mol. The summed E-state index contributed by atoms with van der Waals surface area (Å²) in [7, 11) is 0. The third kappa shape index (κ3) is 1.73. The van der Waals surface area contributed by atoms with Gasteiger partial charge in [-0.15, -0.1) is 0 Å². The Hall–Kier alpha value is -0.350. The van der Waals surface area contributed by atoms with Gasteiger partial charge in [-0.2, -0.15) is 0 Å². The number of nitrogens with zero attached hydrogens (tertiary/aromatic N) is 2. The summed E-state index contributed by atoms with van der Waals surface area (Å²) in [6.07, 6.45) is 3.68. The minimum absolute atomic E-state index is 0.195.